The van der Waals surface area contributed by atoms with Crippen molar-refractivity contribution in [3.8, 4) is 6.07 Å². The number of rotatable bonds is 2. The number of aromatic nitrogens is 2. The van der Waals surface area contributed by atoms with E-state index in [-0.39, 0.29) is 6.04 Å². The van der Waals surface area contributed by atoms with Crippen LogP contribution >= 0.6 is 0 Å². The standard InChI is InChI=1S/C20H17N3O/c1-12-9-13(2)22-20-19(12)16(10-21)18(11-24)23(20)17-8-7-14-5-3-4-6-15(14)17/h3-6,9,11,17H,7-8H2,1-2H3. The Hall–Kier alpha value is -2.93. The minimum absolute atomic E-state index is 0.0553. The maximum atomic E-state index is 11.8. The summed E-state index contributed by atoms with van der Waals surface area (Å²) in [7, 11) is 0. The quantitative estimate of drug-likeness (QED) is 0.674. The van der Waals surface area contributed by atoms with Crippen LogP contribution in [-0.2, 0) is 6.42 Å². The minimum Gasteiger partial charge on any atom is -0.314 e. The summed E-state index contributed by atoms with van der Waals surface area (Å²) >= 11 is 0. The maximum Gasteiger partial charge on any atom is 0.167 e. The third kappa shape index (κ3) is 1.91. The minimum atomic E-state index is 0.0553. The highest BCUT2D eigenvalue weighted by molar-refractivity contribution is 5.96. The van der Waals surface area contributed by atoms with Crippen molar-refractivity contribution in [2.45, 2.75) is 32.7 Å². The molecule has 2 heterocycles. The van der Waals surface area contributed by atoms with Gasteiger partial charge in [0.2, 0.25) is 0 Å². The van der Waals surface area contributed by atoms with E-state index in [1.165, 1.54) is 11.1 Å². The molecule has 1 atom stereocenters. The fourth-order valence-corrected chi connectivity index (χ4v) is 4.01. The Kier molecular flexibility index (Phi) is 3.24. The average Bonchev–Trinajstić information content (AvgIpc) is 3.12. The summed E-state index contributed by atoms with van der Waals surface area (Å²) in [6, 6.07) is 12.6. The van der Waals surface area contributed by atoms with Gasteiger partial charge in [0.25, 0.3) is 0 Å². The monoisotopic (exact) mass is 315 g/mol. The van der Waals surface area contributed by atoms with Gasteiger partial charge in [0.05, 0.1) is 11.6 Å². The van der Waals surface area contributed by atoms with E-state index in [1.54, 1.807) is 0 Å². The van der Waals surface area contributed by atoms with Crippen molar-refractivity contribution in [3.63, 3.8) is 0 Å². The van der Waals surface area contributed by atoms with E-state index in [0.29, 0.717) is 11.3 Å². The largest absolute Gasteiger partial charge is 0.314 e. The molecule has 0 amide bonds. The van der Waals surface area contributed by atoms with E-state index in [2.05, 4.69) is 23.2 Å². The molecule has 1 aliphatic carbocycles. The second-order valence-electron chi connectivity index (χ2n) is 6.39. The zero-order valence-electron chi connectivity index (χ0n) is 13.7. The van der Waals surface area contributed by atoms with E-state index in [0.717, 1.165) is 41.4 Å². The highest BCUT2D eigenvalue weighted by Crippen LogP contribution is 2.39. The number of fused-ring (bicyclic) bond motifs is 2. The molecule has 1 aliphatic rings. The Balaban J connectivity index is 2.10. The molecule has 3 aromatic rings. The van der Waals surface area contributed by atoms with Gasteiger partial charge in [-0.25, -0.2) is 4.98 Å². The molecule has 0 N–H and O–H groups in total. The van der Waals surface area contributed by atoms with Crippen LogP contribution in [0.1, 0.15) is 50.9 Å². The second-order valence-corrected chi connectivity index (χ2v) is 6.39. The van der Waals surface area contributed by atoms with Gasteiger partial charge in [-0.15, -0.1) is 0 Å². The van der Waals surface area contributed by atoms with Gasteiger partial charge < -0.3 is 4.57 Å². The zero-order chi connectivity index (χ0) is 16.8. The Bertz CT molecular complexity index is 1020. The van der Waals surface area contributed by atoms with E-state index < -0.39 is 0 Å². The number of hydrogen-bond acceptors (Lipinski definition) is 3. The summed E-state index contributed by atoms with van der Waals surface area (Å²) in [5.41, 5.74) is 6.04. The number of pyridine rings is 1. The van der Waals surface area contributed by atoms with Crippen LogP contribution in [0.4, 0.5) is 0 Å². The van der Waals surface area contributed by atoms with Crippen LogP contribution in [-0.4, -0.2) is 15.8 Å². The van der Waals surface area contributed by atoms with Crippen molar-refractivity contribution in [2.75, 3.05) is 0 Å². The molecule has 0 saturated carbocycles. The molecule has 0 fully saturated rings. The van der Waals surface area contributed by atoms with Gasteiger partial charge in [0.1, 0.15) is 17.4 Å². The first-order valence-corrected chi connectivity index (χ1v) is 8.11. The van der Waals surface area contributed by atoms with E-state index >= 15 is 0 Å². The molecule has 118 valence electrons. The Morgan fingerprint density at radius 3 is 2.88 bits per heavy atom. The highest BCUT2D eigenvalue weighted by atomic mass is 16.1. The van der Waals surface area contributed by atoms with Gasteiger partial charge in [-0.2, -0.15) is 5.26 Å². The van der Waals surface area contributed by atoms with E-state index in [1.807, 2.05) is 36.6 Å². The lowest BCUT2D eigenvalue weighted by Crippen LogP contribution is -2.11. The van der Waals surface area contributed by atoms with Crippen LogP contribution in [0.3, 0.4) is 0 Å². The average molecular weight is 315 g/mol. The normalized spacial score (nSPS) is 16.1. The first-order valence-electron chi connectivity index (χ1n) is 8.11. The van der Waals surface area contributed by atoms with Gasteiger partial charge in [-0.3, -0.25) is 4.79 Å². The van der Waals surface area contributed by atoms with Crippen molar-refractivity contribution >= 4 is 17.3 Å². The third-order valence-corrected chi connectivity index (χ3v) is 4.96. The molecule has 4 nitrogen and oxygen atoms in total. The summed E-state index contributed by atoms with van der Waals surface area (Å²) < 4.78 is 1.98. The first kappa shape index (κ1) is 14.6. The highest BCUT2D eigenvalue weighted by Gasteiger charge is 2.30. The van der Waals surface area contributed by atoms with Crippen LogP contribution in [0.15, 0.2) is 30.3 Å². The molecule has 0 saturated heterocycles. The maximum absolute atomic E-state index is 11.8. The van der Waals surface area contributed by atoms with Gasteiger partial charge in [0, 0.05) is 11.1 Å². The molecule has 4 rings (SSSR count). The van der Waals surface area contributed by atoms with Crippen LogP contribution in [0.2, 0.25) is 0 Å². The summed E-state index contributed by atoms with van der Waals surface area (Å²) in [6.07, 6.45) is 2.70. The summed E-state index contributed by atoms with van der Waals surface area (Å²) in [5.74, 6) is 0. The Morgan fingerprint density at radius 2 is 2.12 bits per heavy atom. The van der Waals surface area contributed by atoms with Crippen LogP contribution in [0, 0.1) is 25.2 Å². The number of benzene rings is 1. The molecule has 0 aliphatic heterocycles. The predicted octanol–water partition coefficient (Wildman–Crippen LogP) is 3.87. The van der Waals surface area contributed by atoms with Gasteiger partial charge in [-0.1, -0.05) is 24.3 Å². The molecule has 2 aromatic heterocycles. The van der Waals surface area contributed by atoms with Crippen molar-refractivity contribution in [1.82, 2.24) is 9.55 Å². The molecule has 0 bridgehead atoms. The third-order valence-electron chi connectivity index (χ3n) is 4.96. The van der Waals surface area contributed by atoms with Gasteiger partial charge in [0.15, 0.2) is 6.29 Å². The lowest BCUT2D eigenvalue weighted by atomic mass is 10.1. The Labute approximate surface area is 140 Å². The Morgan fingerprint density at radius 1 is 1.33 bits per heavy atom. The number of carbonyl (C=O) groups excluding carboxylic acids is 1. The lowest BCUT2D eigenvalue weighted by molar-refractivity contribution is 0.111. The van der Waals surface area contributed by atoms with Crippen molar-refractivity contribution < 1.29 is 4.79 Å². The lowest BCUT2D eigenvalue weighted by Gasteiger charge is -2.17. The number of aldehydes is 1. The van der Waals surface area contributed by atoms with Crippen LogP contribution < -0.4 is 0 Å². The zero-order valence-corrected chi connectivity index (χ0v) is 13.7. The van der Waals surface area contributed by atoms with E-state index in [9.17, 15) is 10.1 Å². The SMILES string of the molecule is Cc1cc(C)c2c(C#N)c(C=O)n(C3CCc4ccccc43)c2n1. The smallest absolute Gasteiger partial charge is 0.167 e. The van der Waals surface area contributed by atoms with Crippen LogP contribution in [0.5, 0.6) is 0 Å². The van der Waals surface area contributed by atoms with Crippen LogP contribution in [0.25, 0.3) is 11.0 Å². The van der Waals surface area contributed by atoms with Gasteiger partial charge in [-0.05, 0) is 49.4 Å². The number of nitriles is 1. The summed E-state index contributed by atoms with van der Waals surface area (Å²) in [4.78, 5) is 16.5. The number of aryl methyl sites for hydroxylation is 3. The molecular formula is C20H17N3O. The predicted molar refractivity (Wildman–Crippen MR) is 92.2 cm³/mol. The molecule has 24 heavy (non-hydrogen) atoms. The van der Waals surface area contributed by atoms with E-state index in [4.69, 9.17) is 0 Å². The number of nitrogens with zero attached hydrogens (tertiary/aromatic N) is 3. The summed E-state index contributed by atoms with van der Waals surface area (Å²) in [5, 5.41) is 10.4. The van der Waals surface area contributed by atoms with Crippen molar-refractivity contribution in [1.29, 1.82) is 5.26 Å². The topological polar surface area (TPSA) is 58.7 Å². The molecule has 0 spiro atoms. The molecule has 1 unspecified atom stereocenters. The molecule has 0 radical (unpaired) electrons. The molecular weight excluding hydrogens is 298 g/mol. The second kappa shape index (κ2) is 5.31. The summed E-state index contributed by atoms with van der Waals surface area (Å²) in [6.45, 7) is 3.92. The fourth-order valence-electron chi connectivity index (χ4n) is 4.01. The van der Waals surface area contributed by atoms with Gasteiger partial charge >= 0.3 is 0 Å². The first-order chi connectivity index (χ1) is 11.7. The number of hydrogen-bond donors (Lipinski definition) is 0. The fraction of sp³-hybridized carbons (Fsp3) is 0.250. The van der Waals surface area contributed by atoms with Crippen molar-refractivity contribution in [2.24, 2.45) is 0 Å². The number of carbonyl (C=O) groups is 1. The molecule has 1 aromatic carbocycles. The van der Waals surface area contributed by atoms with Crippen molar-refractivity contribution in [3.05, 3.63) is 64.0 Å². The molecule has 4 heteroatoms.